The molecule has 0 spiro atoms. The van der Waals surface area contributed by atoms with E-state index in [-0.39, 0.29) is 11.7 Å². The van der Waals surface area contributed by atoms with Gasteiger partial charge in [0.1, 0.15) is 5.82 Å². The Balaban J connectivity index is 1.57. The number of hydrogen-bond donors (Lipinski definition) is 2. The van der Waals surface area contributed by atoms with Crippen LogP contribution in [0, 0.1) is 5.82 Å². The van der Waals surface area contributed by atoms with Crippen molar-refractivity contribution in [2.75, 3.05) is 18.4 Å². The average Bonchev–Trinajstić information content (AvgIpc) is 2.54. The Morgan fingerprint density at radius 3 is 2.45 bits per heavy atom. The third-order valence-electron chi connectivity index (χ3n) is 3.35. The van der Waals surface area contributed by atoms with Crippen molar-refractivity contribution < 1.29 is 9.18 Å². The van der Waals surface area contributed by atoms with Crippen LogP contribution >= 0.6 is 0 Å². The smallest absolute Gasteiger partial charge is 0.221 e. The van der Waals surface area contributed by atoms with Gasteiger partial charge >= 0.3 is 0 Å². The van der Waals surface area contributed by atoms with Crippen LogP contribution in [0.5, 0.6) is 0 Å². The lowest BCUT2D eigenvalue weighted by molar-refractivity contribution is -0.120. The number of amides is 1. The van der Waals surface area contributed by atoms with Gasteiger partial charge in [-0.15, -0.1) is 0 Å². The van der Waals surface area contributed by atoms with Gasteiger partial charge in [0, 0.05) is 19.5 Å². The minimum absolute atomic E-state index is 0.0168. The second-order valence-electron chi connectivity index (χ2n) is 5.10. The maximum atomic E-state index is 13.4. The van der Waals surface area contributed by atoms with Crippen molar-refractivity contribution in [2.24, 2.45) is 0 Å². The number of para-hydroxylation sites is 1. The van der Waals surface area contributed by atoms with Gasteiger partial charge in [-0.25, -0.2) is 4.39 Å². The molecule has 116 valence electrons. The zero-order valence-electron chi connectivity index (χ0n) is 12.5. The molecule has 0 aliphatic heterocycles. The molecule has 0 saturated carbocycles. The monoisotopic (exact) mass is 300 g/mol. The molecule has 2 aromatic carbocycles. The lowest BCUT2D eigenvalue weighted by Gasteiger charge is -2.08. The Morgan fingerprint density at radius 2 is 1.68 bits per heavy atom. The van der Waals surface area contributed by atoms with Gasteiger partial charge in [-0.1, -0.05) is 42.5 Å². The summed E-state index contributed by atoms with van der Waals surface area (Å²) in [6, 6.07) is 16.6. The Hall–Kier alpha value is -2.36. The van der Waals surface area contributed by atoms with Crippen LogP contribution in [0.4, 0.5) is 10.1 Å². The summed E-state index contributed by atoms with van der Waals surface area (Å²) < 4.78 is 13.4. The van der Waals surface area contributed by atoms with E-state index in [9.17, 15) is 9.18 Å². The number of nitrogens with one attached hydrogen (secondary N) is 2. The van der Waals surface area contributed by atoms with Crippen LogP contribution in [0.15, 0.2) is 54.6 Å². The van der Waals surface area contributed by atoms with Gasteiger partial charge in [0.15, 0.2) is 0 Å². The molecule has 0 aromatic heterocycles. The Bertz CT molecular complexity index is 587. The summed E-state index contributed by atoms with van der Waals surface area (Å²) in [6.45, 7) is 1.08. The van der Waals surface area contributed by atoms with Gasteiger partial charge in [-0.3, -0.25) is 4.79 Å². The number of carbonyl (C=O) groups excluding carboxylic acids is 1. The minimum atomic E-state index is -0.300. The highest BCUT2D eigenvalue weighted by atomic mass is 19.1. The fraction of sp³-hybridized carbons (Fsp3) is 0.278. The van der Waals surface area contributed by atoms with Crippen molar-refractivity contribution in [1.82, 2.24) is 5.32 Å². The van der Waals surface area contributed by atoms with E-state index < -0.39 is 0 Å². The number of halogens is 1. The third-order valence-corrected chi connectivity index (χ3v) is 3.35. The van der Waals surface area contributed by atoms with E-state index in [0.29, 0.717) is 25.2 Å². The molecule has 2 aromatic rings. The molecule has 0 radical (unpaired) electrons. The highest BCUT2D eigenvalue weighted by Gasteiger charge is 2.03. The molecule has 0 unspecified atom stereocenters. The fourth-order valence-corrected chi connectivity index (χ4v) is 2.17. The molecule has 0 saturated heterocycles. The van der Waals surface area contributed by atoms with Crippen LogP contribution < -0.4 is 10.6 Å². The van der Waals surface area contributed by atoms with Crippen LogP contribution in [0.3, 0.4) is 0 Å². The molecule has 4 heteroatoms. The van der Waals surface area contributed by atoms with Gasteiger partial charge in [0.25, 0.3) is 0 Å². The number of rotatable bonds is 8. The molecule has 22 heavy (non-hydrogen) atoms. The van der Waals surface area contributed by atoms with Crippen LogP contribution in [0.1, 0.15) is 18.4 Å². The molecule has 1 amide bonds. The topological polar surface area (TPSA) is 41.1 Å². The van der Waals surface area contributed by atoms with Crippen molar-refractivity contribution in [3.63, 3.8) is 0 Å². The average molecular weight is 300 g/mol. The highest BCUT2D eigenvalue weighted by molar-refractivity contribution is 5.76. The molecule has 0 heterocycles. The summed E-state index contributed by atoms with van der Waals surface area (Å²) >= 11 is 0. The summed E-state index contributed by atoms with van der Waals surface area (Å²) in [7, 11) is 0. The number of hydrogen-bond acceptors (Lipinski definition) is 2. The minimum Gasteiger partial charge on any atom is -0.382 e. The third kappa shape index (κ3) is 5.56. The SMILES string of the molecule is O=C(CCNc1ccccc1F)NCCCc1ccccc1. The van der Waals surface area contributed by atoms with E-state index in [1.807, 2.05) is 18.2 Å². The predicted octanol–water partition coefficient (Wildman–Crippen LogP) is 3.38. The van der Waals surface area contributed by atoms with E-state index in [1.165, 1.54) is 11.6 Å². The maximum absolute atomic E-state index is 13.4. The largest absolute Gasteiger partial charge is 0.382 e. The zero-order chi connectivity index (χ0) is 15.6. The Morgan fingerprint density at radius 1 is 0.955 bits per heavy atom. The molecule has 2 N–H and O–H groups in total. The van der Waals surface area contributed by atoms with E-state index in [2.05, 4.69) is 22.8 Å². The van der Waals surface area contributed by atoms with Crippen LogP contribution in [0.25, 0.3) is 0 Å². The van der Waals surface area contributed by atoms with Crippen LogP contribution in [-0.2, 0) is 11.2 Å². The van der Waals surface area contributed by atoms with Crippen LogP contribution in [0.2, 0.25) is 0 Å². The lowest BCUT2D eigenvalue weighted by atomic mass is 10.1. The number of benzene rings is 2. The first-order valence-electron chi connectivity index (χ1n) is 7.55. The highest BCUT2D eigenvalue weighted by Crippen LogP contribution is 2.11. The second-order valence-corrected chi connectivity index (χ2v) is 5.10. The van der Waals surface area contributed by atoms with E-state index >= 15 is 0 Å². The van der Waals surface area contributed by atoms with Gasteiger partial charge < -0.3 is 10.6 Å². The second kappa shape index (κ2) is 8.82. The summed E-state index contributed by atoms with van der Waals surface area (Å²) in [4.78, 5) is 11.7. The molecule has 3 nitrogen and oxygen atoms in total. The van der Waals surface area contributed by atoms with Crippen molar-refractivity contribution in [3.05, 3.63) is 66.0 Å². The molecule has 0 bridgehead atoms. The summed E-state index contributed by atoms with van der Waals surface area (Å²) in [5, 5.41) is 5.81. The van der Waals surface area contributed by atoms with E-state index in [0.717, 1.165) is 12.8 Å². The number of anilines is 1. The van der Waals surface area contributed by atoms with Gasteiger partial charge in [-0.05, 0) is 30.5 Å². The lowest BCUT2D eigenvalue weighted by Crippen LogP contribution is -2.26. The standard InChI is InChI=1S/C18H21FN2O/c19-16-10-4-5-11-17(16)20-14-12-18(22)21-13-6-9-15-7-2-1-3-8-15/h1-5,7-8,10-11,20H,6,9,12-14H2,(H,21,22). The fourth-order valence-electron chi connectivity index (χ4n) is 2.17. The van der Waals surface area contributed by atoms with Crippen LogP contribution in [-0.4, -0.2) is 19.0 Å². The van der Waals surface area contributed by atoms with E-state index in [4.69, 9.17) is 0 Å². The summed E-state index contributed by atoms with van der Waals surface area (Å²) in [6.07, 6.45) is 2.20. The van der Waals surface area contributed by atoms with E-state index in [1.54, 1.807) is 18.2 Å². The first-order chi connectivity index (χ1) is 10.8. The first kappa shape index (κ1) is 16.0. The van der Waals surface area contributed by atoms with Gasteiger partial charge in [0.2, 0.25) is 5.91 Å². The van der Waals surface area contributed by atoms with Crippen molar-refractivity contribution in [2.45, 2.75) is 19.3 Å². The number of aryl methyl sites for hydroxylation is 1. The molecular formula is C18H21FN2O. The van der Waals surface area contributed by atoms with Gasteiger partial charge in [0.05, 0.1) is 5.69 Å². The quantitative estimate of drug-likeness (QED) is 0.734. The number of carbonyl (C=O) groups is 1. The molecule has 0 aliphatic carbocycles. The summed E-state index contributed by atoms with van der Waals surface area (Å²) in [5.74, 6) is -0.317. The van der Waals surface area contributed by atoms with Crippen molar-refractivity contribution in [3.8, 4) is 0 Å². The summed E-state index contributed by atoms with van der Waals surface area (Å²) in [5.41, 5.74) is 1.71. The van der Waals surface area contributed by atoms with Gasteiger partial charge in [-0.2, -0.15) is 0 Å². The molecule has 2 rings (SSSR count). The maximum Gasteiger partial charge on any atom is 0.221 e. The Labute approximate surface area is 130 Å². The first-order valence-corrected chi connectivity index (χ1v) is 7.55. The zero-order valence-corrected chi connectivity index (χ0v) is 12.5. The predicted molar refractivity (Wildman–Crippen MR) is 87.3 cm³/mol. The van der Waals surface area contributed by atoms with Crippen molar-refractivity contribution in [1.29, 1.82) is 0 Å². The van der Waals surface area contributed by atoms with Crippen molar-refractivity contribution >= 4 is 11.6 Å². The molecule has 0 fully saturated rings. The Kier molecular flexibility index (Phi) is 6.42. The molecule has 0 atom stereocenters. The molecule has 0 aliphatic rings. The molecular weight excluding hydrogens is 279 g/mol. The normalized spacial score (nSPS) is 10.2.